The molecule has 6 nitrogen and oxygen atoms in total. The summed E-state index contributed by atoms with van der Waals surface area (Å²) in [7, 11) is -1.35. The summed E-state index contributed by atoms with van der Waals surface area (Å²) in [6, 6.07) is 8.31. The van der Waals surface area contributed by atoms with Gasteiger partial charge in [0.1, 0.15) is 18.0 Å². The van der Waals surface area contributed by atoms with Gasteiger partial charge in [-0.3, -0.25) is 9.10 Å². The van der Waals surface area contributed by atoms with Gasteiger partial charge in [0.2, 0.25) is 5.24 Å². The number of carbonyl (C=O) groups excluding carboxylic acids is 1. The van der Waals surface area contributed by atoms with E-state index in [0.717, 1.165) is 4.31 Å². The van der Waals surface area contributed by atoms with Crippen LogP contribution in [0.5, 0.6) is 11.5 Å². The Hall–Kier alpha value is -1.67. The lowest BCUT2D eigenvalue weighted by molar-refractivity contribution is -0.110. The molecule has 0 aromatic heterocycles. The molecule has 0 aliphatic rings. The fourth-order valence-electron chi connectivity index (χ4n) is 2.17. The number of halogens is 3. The number of hydrogen-bond acceptors (Lipinski definition) is 5. The molecule has 140 valence electrons. The van der Waals surface area contributed by atoms with Gasteiger partial charge in [-0.2, -0.15) is 0 Å². The third-order valence-electron chi connectivity index (χ3n) is 3.40. The molecule has 0 radical (unpaired) electrons. The lowest BCUT2D eigenvalue weighted by Gasteiger charge is -2.25. The van der Waals surface area contributed by atoms with E-state index in [1.807, 2.05) is 0 Å². The highest BCUT2D eigenvalue weighted by Crippen LogP contribution is 2.36. The van der Waals surface area contributed by atoms with Crippen molar-refractivity contribution in [3.05, 3.63) is 46.4 Å². The van der Waals surface area contributed by atoms with Gasteiger partial charge in [0.15, 0.2) is 0 Å². The highest BCUT2D eigenvalue weighted by atomic mass is 35.5. The predicted octanol–water partition coefficient (Wildman–Crippen LogP) is 3.97. The van der Waals surface area contributed by atoms with Crippen LogP contribution < -0.4 is 13.8 Å². The second-order valence-corrected chi connectivity index (χ2v) is 8.08. The molecule has 0 fully saturated rings. The molecule has 0 aliphatic carbocycles. The van der Waals surface area contributed by atoms with E-state index in [-0.39, 0.29) is 26.4 Å². The third kappa shape index (κ3) is 4.35. The first-order chi connectivity index (χ1) is 12.2. The van der Waals surface area contributed by atoms with Gasteiger partial charge >= 0.3 is 0 Å². The standard InChI is InChI=1S/C16H14Cl3NO5S/c1-24-10-3-6-14(15(7-10)25-2)20(9-16(19)21)26(22,23)11-4-5-12(17)13(18)8-11/h3-8H,9H2,1-2H3. The van der Waals surface area contributed by atoms with E-state index in [1.165, 1.54) is 50.6 Å². The number of hydrogen-bond donors (Lipinski definition) is 0. The number of benzene rings is 2. The normalized spacial score (nSPS) is 11.1. The maximum absolute atomic E-state index is 13.1. The van der Waals surface area contributed by atoms with Crippen LogP contribution in [0.25, 0.3) is 0 Å². The molecular formula is C16H14Cl3NO5S. The summed E-state index contributed by atoms with van der Waals surface area (Å²) < 4.78 is 37.3. The van der Waals surface area contributed by atoms with Gasteiger partial charge in [-0.15, -0.1) is 0 Å². The average Bonchev–Trinajstić information content (AvgIpc) is 2.61. The maximum Gasteiger partial charge on any atom is 0.264 e. The lowest BCUT2D eigenvalue weighted by atomic mass is 10.2. The summed E-state index contributed by atoms with van der Waals surface area (Å²) in [5.74, 6) is 0.639. The Morgan fingerprint density at radius 2 is 1.73 bits per heavy atom. The van der Waals surface area contributed by atoms with E-state index in [2.05, 4.69) is 0 Å². The van der Waals surface area contributed by atoms with Crippen LogP contribution in [0.1, 0.15) is 0 Å². The molecule has 0 N–H and O–H groups in total. The summed E-state index contributed by atoms with van der Waals surface area (Å²) in [6.45, 7) is -0.604. The Balaban J connectivity index is 2.64. The Morgan fingerprint density at radius 1 is 1.04 bits per heavy atom. The van der Waals surface area contributed by atoms with Crippen LogP contribution in [0, 0.1) is 0 Å². The van der Waals surface area contributed by atoms with Crippen molar-refractivity contribution in [2.45, 2.75) is 4.90 Å². The van der Waals surface area contributed by atoms with E-state index in [4.69, 9.17) is 44.3 Å². The van der Waals surface area contributed by atoms with Crippen molar-refractivity contribution in [3.8, 4) is 11.5 Å². The topological polar surface area (TPSA) is 72.9 Å². The van der Waals surface area contributed by atoms with Crippen LogP contribution in [0.3, 0.4) is 0 Å². The minimum Gasteiger partial charge on any atom is -0.497 e. The fourth-order valence-corrected chi connectivity index (χ4v) is 4.18. The molecule has 0 aliphatic heterocycles. The van der Waals surface area contributed by atoms with Gasteiger partial charge in [0.25, 0.3) is 10.0 Å². The molecule has 26 heavy (non-hydrogen) atoms. The van der Waals surface area contributed by atoms with Gasteiger partial charge in [-0.1, -0.05) is 23.2 Å². The molecular weight excluding hydrogens is 425 g/mol. The van der Waals surface area contributed by atoms with Gasteiger partial charge in [-0.25, -0.2) is 8.42 Å². The number of sulfonamides is 1. The molecule has 2 aromatic rings. The van der Waals surface area contributed by atoms with Crippen LogP contribution in [0.15, 0.2) is 41.3 Å². The predicted molar refractivity (Wildman–Crippen MR) is 101 cm³/mol. The molecule has 0 bridgehead atoms. The van der Waals surface area contributed by atoms with Gasteiger partial charge in [0.05, 0.1) is 34.8 Å². The van der Waals surface area contributed by atoms with Crippen molar-refractivity contribution < 1.29 is 22.7 Å². The summed E-state index contributed by atoms with van der Waals surface area (Å²) in [5, 5.41) is -0.606. The number of anilines is 1. The molecule has 10 heteroatoms. The van der Waals surface area contributed by atoms with Crippen molar-refractivity contribution >= 4 is 55.8 Å². The lowest BCUT2D eigenvalue weighted by Crippen LogP contribution is -2.34. The van der Waals surface area contributed by atoms with Crippen molar-refractivity contribution in [2.75, 3.05) is 25.1 Å². The minimum absolute atomic E-state index is 0.0617. The maximum atomic E-state index is 13.1. The fraction of sp³-hybridized carbons (Fsp3) is 0.188. The second kappa shape index (κ2) is 8.35. The van der Waals surface area contributed by atoms with E-state index < -0.39 is 21.8 Å². The van der Waals surface area contributed by atoms with Crippen molar-refractivity contribution in [2.24, 2.45) is 0 Å². The van der Waals surface area contributed by atoms with Crippen molar-refractivity contribution in [3.63, 3.8) is 0 Å². The number of nitrogens with zero attached hydrogens (tertiary/aromatic N) is 1. The molecule has 0 heterocycles. The average molecular weight is 439 g/mol. The van der Waals surface area contributed by atoms with E-state index >= 15 is 0 Å². The summed E-state index contributed by atoms with van der Waals surface area (Å²) in [6.07, 6.45) is 0. The first-order valence-corrected chi connectivity index (χ1v) is 9.66. The Bertz CT molecular complexity index is 933. The molecule has 2 rings (SSSR count). The van der Waals surface area contributed by atoms with Crippen LogP contribution >= 0.6 is 34.8 Å². The molecule has 0 saturated heterocycles. The second-order valence-electron chi connectivity index (χ2n) is 4.98. The SMILES string of the molecule is COc1ccc(N(CC(=O)Cl)S(=O)(=O)c2ccc(Cl)c(Cl)c2)c(OC)c1. The highest BCUT2D eigenvalue weighted by Gasteiger charge is 2.29. The van der Waals surface area contributed by atoms with E-state index in [0.29, 0.717) is 5.75 Å². The first kappa shape index (κ1) is 20.6. The largest absolute Gasteiger partial charge is 0.497 e. The zero-order valence-electron chi connectivity index (χ0n) is 13.7. The summed E-state index contributed by atoms with van der Waals surface area (Å²) >= 11 is 17.2. The zero-order valence-corrected chi connectivity index (χ0v) is 16.8. The van der Waals surface area contributed by atoms with Crippen LogP contribution in [-0.4, -0.2) is 34.4 Å². The molecule has 0 atom stereocenters. The van der Waals surface area contributed by atoms with Crippen LogP contribution in [0.2, 0.25) is 10.0 Å². The summed E-state index contributed by atoms with van der Waals surface area (Å²) in [4.78, 5) is 11.3. The van der Waals surface area contributed by atoms with E-state index in [1.54, 1.807) is 0 Å². The molecule has 0 saturated carbocycles. The Kier molecular flexibility index (Phi) is 6.63. The number of methoxy groups -OCH3 is 2. The van der Waals surface area contributed by atoms with Crippen molar-refractivity contribution in [1.29, 1.82) is 0 Å². The van der Waals surface area contributed by atoms with Crippen LogP contribution in [-0.2, 0) is 14.8 Å². The molecule has 0 spiro atoms. The smallest absolute Gasteiger partial charge is 0.264 e. The first-order valence-electron chi connectivity index (χ1n) is 7.09. The molecule has 2 aromatic carbocycles. The van der Waals surface area contributed by atoms with Gasteiger partial charge < -0.3 is 9.47 Å². The Labute approximate surface area is 166 Å². The zero-order chi connectivity index (χ0) is 19.5. The van der Waals surface area contributed by atoms with Gasteiger partial charge in [0, 0.05) is 6.07 Å². The number of rotatable bonds is 7. The number of carbonyl (C=O) groups is 1. The monoisotopic (exact) mass is 437 g/mol. The van der Waals surface area contributed by atoms with Crippen molar-refractivity contribution in [1.82, 2.24) is 0 Å². The van der Waals surface area contributed by atoms with E-state index in [9.17, 15) is 13.2 Å². The van der Waals surface area contributed by atoms with Gasteiger partial charge in [-0.05, 0) is 41.9 Å². The Morgan fingerprint density at radius 3 is 2.27 bits per heavy atom. The molecule has 0 amide bonds. The van der Waals surface area contributed by atoms with Crippen LogP contribution in [0.4, 0.5) is 5.69 Å². The molecule has 0 unspecified atom stereocenters. The summed E-state index contributed by atoms with van der Waals surface area (Å²) in [5.41, 5.74) is 0.119. The quantitative estimate of drug-likeness (QED) is 0.612. The third-order valence-corrected chi connectivity index (χ3v) is 6.02. The minimum atomic E-state index is -4.18. The highest BCUT2D eigenvalue weighted by molar-refractivity contribution is 7.92. The number of ether oxygens (including phenoxy) is 2.